The van der Waals surface area contributed by atoms with E-state index in [2.05, 4.69) is 5.32 Å². The number of nitrogens with one attached hydrogen (secondary N) is 1. The molecule has 7 heteroatoms. The fraction of sp³-hybridized carbons (Fsp3) is 0.333. The first-order valence-corrected chi connectivity index (χ1v) is 8.92. The second kappa shape index (κ2) is 8.02. The van der Waals surface area contributed by atoms with Crippen LogP contribution in [0.25, 0.3) is 0 Å². The quantitative estimate of drug-likeness (QED) is 0.766. The van der Waals surface area contributed by atoms with E-state index in [-0.39, 0.29) is 18.7 Å². The van der Waals surface area contributed by atoms with Crippen LogP contribution >= 0.6 is 11.3 Å². The highest BCUT2D eigenvalue weighted by Gasteiger charge is 2.19. The molecule has 1 unspecified atom stereocenters. The fourth-order valence-electron chi connectivity index (χ4n) is 2.39. The molecule has 0 fully saturated rings. The Bertz CT molecular complexity index is 744. The molecule has 1 aromatic heterocycles. The molecule has 1 N–H and O–H groups in total. The van der Waals surface area contributed by atoms with E-state index in [0.29, 0.717) is 30.0 Å². The maximum Gasteiger partial charge on any atom is 0.306 e. The van der Waals surface area contributed by atoms with Crippen LogP contribution < -0.4 is 14.8 Å². The Morgan fingerprint density at radius 2 is 2.12 bits per heavy atom. The predicted molar refractivity (Wildman–Crippen MR) is 94.0 cm³/mol. The summed E-state index contributed by atoms with van der Waals surface area (Å²) >= 11 is 1.67. The van der Waals surface area contributed by atoms with E-state index in [1.54, 1.807) is 36.5 Å². The summed E-state index contributed by atoms with van der Waals surface area (Å²) < 4.78 is 15.7. The third-order valence-corrected chi connectivity index (χ3v) is 4.64. The van der Waals surface area contributed by atoms with Gasteiger partial charge in [-0.15, -0.1) is 11.3 Å². The lowest BCUT2D eigenvalue weighted by molar-refractivity contribution is -0.153. The molecule has 0 saturated heterocycles. The lowest BCUT2D eigenvalue weighted by atomic mass is 10.2. The number of aryl methyl sites for hydroxylation is 1. The van der Waals surface area contributed by atoms with E-state index in [9.17, 15) is 9.59 Å². The molecule has 132 valence electrons. The molecule has 1 aromatic carbocycles. The lowest BCUT2D eigenvalue weighted by Gasteiger charge is -2.13. The van der Waals surface area contributed by atoms with E-state index >= 15 is 0 Å². The zero-order valence-corrected chi connectivity index (χ0v) is 14.6. The third-order valence-electron chi connectivity index (χ3n) is 3.70. The van der Waals surface area contributed by atoms with Gasteiger partial charge in [-0.05, 0) is 43.3 Å². The number of rotatable bonds is 7. The van der Waals surface area contributed by atoms with E-state index in [0.717, 1.165) is 6.42 Å². The first kappa shape index (κ1) is 17.3. The highest BCUT2D eigenvalue weighted by atomic mass is 32.1. The largest absolute Gasteiger partial charge is 0.454 e. The van der Waals surface area contributed by atoms with Gasteiger partial charge in [-0.25, -0.2) is 0 Å². The van der Waals surface area contributed by atoms with Crippen molar-refractivity contribution in [2.45, 2.75) is 32.3 Å². The van der Waals surface area contributed by atoms with Gasteiger partial charge in [0.25, 0.3) is 5.91 Å². The summed E-state index contributed by atoms with van der Waals surface area (Å²) in [5.74, 6) is 0.467. The number of ether oxygens (including phenoxy) is 3. The monoisotopic (exact) mass is 361 g/mol. The molecule has 1 aliphatic rings. The first-order valence-electron chi connectivity index (χ1n) is 8.04. The van der Waals surface area contributed by atoms with Crippen LogP contribution in [0.2, 0.25) is 0 Å². The Morgan fingerprint density at radius 1 is 1.28 bits per heavy atom. The predicted octanol–water partition coefficient (Wildman–Crippen LogP) is 3.37. The summed E-state index contributed by atoms with van der Waals surface area (Å²) in [4.78, 5) is 25.2. The van der Waals surface area contributed by atoms with Crippen molar-refractivity contribution in [3.05, 3.63) is 40.6 Å². The zero-order valence-electron chi connectivity index (χ0n) is 13.8. The summed E-state index contributed by atoms with van der Waals surface area (Å²) in [7, 11) is 0. The molecular formula is C18H19NO5S. The maximum atomic E-state index is 12.1. The van der Waals surface area contributed by atoms with Crippen molar-refractivity contribution in [3.63, 3.8) is 0 Å². The Labute approximate surface area is 149 Å². The smallest absolute Gasteiger partial charge is 0.306 e. The summed E-state index contributed by atoms with van der Waals surface area (Å²) in [5, 5.41) is 4.72. The minimum absolute atomic E-state index is 0.173. The Hall–Kier alpha value is -2.54. The number of anilines is 1. The van der Waals surface area contributed by atoms with Crippen LogP contribution in [0.15, 0.2) is 35.7 Å². The van der Waals surface area contributed by atoms with Gasteiger partial charge in [0, 0.05) is 23.1 Å². The Morgan fingerprint density at radius 3 is 2.92 bits per heavy atom. The van der Waals surface area contributed by atoms with Gasteiger partial charge in [0.1, 0.15) is 0 Å². The molecule has 0 bridgehead atoms. The topological polar surface area (TPSA) is 73.9 Å². The molecule has 1 amide bonds. The van der Waals surface area contributed by atoms with Crippen LogP contribution in [0.3, 0.4) is 0 Å². The molecular weight excluding hydrogens is 342 g/mol. The normalized spacial score (nSPS) is 13.3. The van der Waals surface area contributed by atoms with Crippen LogP contribution in [0.1, 0.15) is 24.6 Å². The molecule has 0 saturated carbocycles. The average molecular weight is 361 g/mol. The SMILES string of the molecule is CC(OC(=O)CCCc1cccs1)C(=O)Nc1ccc2c(c1)OCO2. The second-order valence-corrected chi connectivity index (χ2v) is 6.65. The number of carbonyl (C=O) groups excluding carboxylic acids is 2. The highest BCUT2D eigenvalue weighted by Crippen LogP contribution is 2.34. The summed E-state index contributed by atoms with van der Waals surface area (Å²) in [6, 6.07) is 9.13. The number of thiophene rings is 1. The molecule has 1 aliphatic heterocycles. The molecule has 1 atom stereocenters. The summed E-state index contributed by atoms with van der Waals surface area (Å²) in [6.45, 7) is 1.73. The fourth-order valence-corrected chi connectivity index (χ4v) is 3.14. The lowest BCUT2D eigenvalue weighted by Crippen LogP contribution is -2.29. The van der Waals surface area contributed by atoms with Crippen molar-refractivity contribution in [3.8, 4) is 11.5 Å². The van der Waals surface area contributed by atoms with E-state index in [1.807, 2.05) is 17.5 Å². The van der Waals surface area contributed by atoms with Gasteiger partial charge in [-0.2, -0.15) is 0 Å². The summed E-state index contributed by atoms with van der Waals surface area (Å²) in [5.41, 5.74) is 0.565. The number of hydrogen-bond acceptors (Lipinski definition) is 6. The van der Waals surface area contributed by atoms with Crippen molar-refractivity contribution in [1.29, 1.82) is 0 Å². The van der Waals surface area contributed by atoms with E-state index in [1.165, 1.54) is 4.88 Å². The zero-order chi connectivity index (χ0) is 17.6. The van der Waals surface area contributed by atoms with Gasteiger partial charge >= 0.3 is 5.97 Å². The van der Waals surface area contributed by atoms with E-state index < -0.39 is 6.10 Å². The minimum Gasteiger partial charge on any atom is -0.454 e. The van der Waals surface area contributed by atoms with Crippen molar-refractivity contribution < 1.29 is 23.8 Å². The number of fused-ring (bicyclic) bond motifs is 1. The van der Waals surface area contributed by atoms with Crippen LogP contribution in [0.5, 0.6) is 11.5 Å². The highest BCUT2D eigenvalue weighted by molar-refractivity contribution is 7.09. The van der Waals surface area contributed by atoms with Crippen LogP contribution in [0.4, 0.5) is 5.69 Å². The Balaban J connectivity index is 1.43. The van der Waals surface area contributed by atoms with Gasteiger partial charge in [-0.1, -0.05) is 6.07 Å². The van der Waals surface area contributed by atoms with Crippen LogP contribution in [0, 0.1) is 0 Å². The molecule has 6 nitrogen and oxygen atoms in total. The second-order valence-electron chi connectivity index (χ2n) is 5.62. The molecule has 0 spiro atoms. The molecule has 0 aliphatic carbocycles. The first-order chi connectivity index (χ1) is 12.1. The van der Waals surface area contributed by atoms with Crippen molar-refractivity contribution in [2.24, 2.45) is 0 Å². The molecule has 25 heavy (non-hydrogen) atoms. The number of carbonyl (C=O) groups is 2. The van der Waals surface area contributed by atoms with Crippen molar-refractivity contribution in [2.75, 3.05) is 12.1 Å². The third kappa shape index (κ3) is 4.73. The number of amides is 1. The van der Waals surface area contributed by atoms with Crippen molar-refractivity contribution in [1.82, 2.24) is 0 Å². The van der Waals surface area contributed by atoms with E-state index in [4.69, 9.17) is 14.2 Å². The van der Waals surface area contributed by atoms with Gasteiger partial charge in [0.15, 0.2) is 17.6 Å². The summed E-state index contributed by atoms with van der Waals surface area (Å²) in [6.07, 6.45) is 0.972. The number of esters is 1. The van der Waals surface area contributed by atoms with Gasteiger partial charge in [0.2, 0.25) is 6.79 Å². The molecule has 0 radical (unpaired) electrons. The minimum atomic E-state index is -0.861. The van der Waals surface area contributed by atoms with Gasteiger partial charge in [0.05, 0.1) is 0 Å². The standard InChI is InChI=1S/C18H19NO5S/c1-12(24-17(20)6-2-4-14-5-3-9-25-14)18(21)19-13-7-8-15-16(10-13)23-11-22-15/h3,5,7-10,12H,2,4,6,11H2,1H3,(H,19,21). The maximum absolute atomic E-state index is 12.1. The number of hydrogen-bond donors (Lipinski definition) is 1. The van der Waals surface area contributed by atoms with Crippen LogP contribution in [-0.2, 0) is 20.7 Å². The Kier molecular flexibility index (Phi) is 5.55. The molecule has 3 rings (SSSR count). The van der Waals surface area contributed by atoms with Crippen molar-refractivity contribution >= 4 is 28.9 Å². The average Bonchev–Trinajstić information content (AvgIpc) is 3.25. The number of benzene rings is 1. The van der Waals surface area contributed by atoms with Gasteiger partial charge in [-0.3, -0.25) is 9.59 Å². The van der Waals surface area contributed by atoms with Crippen LogP contribution in [-0.4, -0.2) is 24.8 Å². The van der Waals surface area contributed by atoms with Gasteiger partial charge < -0.3 is 19.5 Å². The molecule has 2 aromatic rings. The molecule has 2 heterocycles.